The molecular weight excluding hydrogens is 377 g/mol. The Kier molecular flexibility index (Phi) is 6.73. The third-order valence-electron chi connectivity index (χ3n) is 3.85. The normalized spacial score (nSPS) is 11.5. The van der Waals surface area contributed by atoms with E-state index in [4.69, 9.17) is 0 Å². The molecule has 28 heavy (non-hydrogen) atoms. The quantitative estimate of drug-likeness (QED) is 0.396. The lowest BCUT2D eigenvalue weighted by Crippen LogP contribution is -2.18. The maximum absolute atomic E-state index is 13.2. The van der Waals surface area contributed by atoms with Gasteiger partial charge in [0, 0.05) is 24.4 Å². The summed E-state index contributed by atoms with van der Waals surface area (Å²) in [6, 6.07) is 5.06. The lowest BCUT2D eigenvalue weighted by Gasteiger charge is -2.14. The van der Waals surface area contributed by atoms with Crippen molar-refractivity contribution in [3.05, 3.63) is 45.6 Å². The van der Waals surface area contributed by atoms with Crippen molar-refractivity contribution in [1.82, 2.24) is 14.9 Å². The highest BCUT2D eigenvalue weighted by Gasteiger charge is 2.34. The number of benzene rings is 1. The second-order valence-electron chi connectivity index (χ2n) is 6.38. The molecular formula is C17H21F3N6O2. The van der Waals surface area contributed by atoms with Crippen molar-refractivity contribution >= 4 is 23.1 Å². The zero-order valence-corrected chi connectivity index (χ0v) is 15.7. The highest BCUT2D eigenvalue weighted by atomic mass is 19.4. The number of halogens is 3. The van der Waals surface area contributed by atoms with E-state index in [2.05, 4.69) is 20.6 Å². The summed E-state index contributed by atoms with van der Waals surface area (Å²) in [5, 5.41) is 16.6. The Labute approximate surface area is 159 Å². The molecule has 0 aliphatic heterocycles. The van der Waals surface area contributed by atoms with Crippen LogP contribution in [0.3, 0.4) is 0 Å². The summed E-state index contributed by atoms with van der Waals surface area (Å²) >= 11 is 0. The molecule has 2 N–H and O–H groups in total. The van der Waals surface area contributed by atoms with Crippen LogP contribution < -0.4 is 10.6 Å². The molecule has 1 aromatic carbocycles. The number of nitro groups is 1. The SMILES string of the molecule is Cc1c(Nc2cc(C(F)(F)F)nc(NCCCN(C)C)n2)cccc1[N+](=O)[O-]. The van der Waals surface area contributed by atoms with Crippen LogP contribution in [0.4, 0.5) is 36.3 Å². The number of hydrogen-bond donors (Lipinski definition) is 2. The van der Waals surface area contributed by atoms with Crippen LogP contribution in [0.5, 0.6) is 0 Å². The number of anilines is 3. The summed E-state index contributed by atoms with van der Waals surface area (Å²) in [7, 11) is 3.79. The predicted octanol–water partition coefficient (Wildman–Crippen LogP) is 3.82. The topological polar surface area (TPSA) is 96.2 Å². The van der Waals surface area contributed by atoms with E-state index in [1.807, 2.05) is 19.0 Å². The molecule has 0 aliphatic rings. The number of nitro benzene ring substituents is 1. The first-order chi connectivity index (χ1) is 13.1. The fourth-order valence-electron chi connectivity index (χ4n) is 2.43. The average molecular weight is 398 g/mol. The Bertz CT molecular complexity index is 842. The van der Waals surface area contributed by atoms with Gasteiger partial charge < -0.3 is 15.5 Å². The number of hydrogen-bond acceptors (Lipinski definition) is 7. The van der Waals surface area contributed by atoms with E-state index in [-0.39, 0.29) is 17.5 Å². The van der Waals surface area contributed by atoms with Gasteiger partial charge in [-0.2, -0.15) is 18.2 Å². The zero-order valence-electron chi connectivity index (χ0n) is 15.7. The van der Waals surface area contributed by atoms with Crippen LogP contribution in [0, 0.1) is 17.0 Å². The first-order valence-corrected chi connectivity index (χ1v) is 8.44. The van der Waals surface area contributed by atoms with E-state index in [1.165, 1.54) is 25.1 Å². The molecule has 0 atom stereocenters. The highest BCUT2D eigenvalue weighted by molar-refractivity contribution is 5.66. The van der Waals surface area contributed by atoms with E-state index in [9.17, 15) is 23.3 Å². The molecule has 1 aromatic heterocycles. The van der Waals surface area contributed by atoms with Gasteiger partial charge in [0.1, 0.15) is 5.82 Å². The smallest absolute Gasteiger partial charge is 0.354 e. The fourth-order valence-corrected chi connectivity index (χ4v) is 2.43. The monoisotopic (exact) mass is 398 g/mol. The molecule has 8 nitrogen and oxygen atoms in total. The first kappa shape index (κ1) is 21.4. The molecule has 0 saturated heterocycles. The molecule has 0 aliphatic carbocycles. The minimum Gasteiger partial charge on any atom is -0.354 e. The van der Waals surface area contributed by atoms with Crippen LogP contribution in [-0.2, 0) is 6.18 Å². The Morgan fingerprint density at radius 1 is 1.25 bits per heavy atom. The van der Waals surface area contributed by atoms with E-state index in [0.717, 1.165) is 12.6 Å². The third kappa shape index (κ3) is 5.78. The summed E-state index contributed by atoms with van der Waals surface area (Å²) in [5.41, 5.74) is -0.667. The van der Waals surface area contributed by atoms with Crippen molar-refractivity contribution in [3.8, 4) is 0 Å². The molecule has 0 radical (unpaired) electrons. The first-order valence-electron chi connectivity index (χ1n) is 8.44. The fraction of sp³-hybridized carbons (Fsp3) is 0.412. The standard InChI is InChI=1S/C17H21F3N6O2/c1-11-12(6-4-7-13(11)26(27)28)22-15-10-14(17(18,19)20)23-16(24-15)21-8-5-9-25(2)3/h4,6-7,10H,5,8-9H2,1-3H3,(H2,21,22,23,24). The van der Waals surface area contributed by atoms with Crippen LogP contribution in [0.15, 0.2) is 24.3 Å². The Morgan fingerprint density at radius 3 is 2.57 bits per heavy atom. The minimum absolute atomic E-state index is 0.110. The minimum atomic E-state index is -4.66. The highest BCUT2D eigenvalue weighted by Crippen LogP contribution is 2.32. The van der Waals surface area contributed by atoms with E-state index >= 15 is 0 Å². The van der Waals surface area contributed by atoms with Gasteiger partial charge in [0.25, 0.3) is 5.69 Å². The van der Waals surface area contributed by atoms with Crippen molar-refractivity contribution in [1.29, 1.82) is 0 Å². The maximum Gasteiger partial charge on any atom is 0.433 e. The van der Waals surface area contributed by atoms with Crippen LogP contribution in [0.25, 0.3) is 0 Å². The summed E-state index contributed by atoms with van der Waals surface area (Å²) < 4.78 is 39.6. The average Bonchev–Trinajstić information content (AvgIpc) is 2.59. The number of alkyl halides is 3. The van der Waals surface area contributed by atoms with Crippen LogP contribution in [-0.4, -0.2) is 47.0 Å². The molecule has 1 heterocycles. The molecule has 2 rings (SSSR count). The summed E-state index contributed by atoms with van der Waals surface area (Å²) in [5.74, 6) is -0.278. The molecule has 11 heteroatoms. The van der Waals surface area contributed by atoms with Gasteiger partial charge in [0.05, 0.1) is 10.5 Å². The Morgan fingerprint density at radius 2 is 1.96 bits per heavy atom. The van der Waals surface area contributed by atoms with Gasteiger partial charge in [-0.3, -0.25) is 10.1 Å². The van der Waals surface area contributed by atoms with Crippen molar-refractivity contribution in [2.24, 2.45) is 0 Å². The summed E-state index contributed by atoms with van der Waals surface area (Å²) in [6.45, 7) is 2.66. The Hall–Kier alpha value is -2.95. The molecule has 0 amide bonds. The van der Waals surface area contributed by atoms with E-state index in [1.54, 1.807) is 0 Å². The maximum atomic E-state index is 13.2. The van der Waals surface area contributed by atoms with Crippen molar-refractivity contribution < 1.29 is 18.1 Å². The van der Waals surface area contributed by atoms with Gasteiger partial charge in [-0.25, -0.2) is 4.98 Å². The lowest BCUT2D eigenvalue weighted by atomic mass is 10.1. The van der Waals surface area contributed by atoms with E-state index < -0.39 is 16.8 Å². The van der Waals surface area contributed by atoms with Gasteiger partial charge in [-0.1, -0.05) is 6.07 Å². The zero-order chi connectivity index (χ0) is 20.9. The summed E-state index contributed by atoms with van der Waals surface area (Å²) in [6.07, 6.45) is -3.96. The molecule has 0 unspecified atom stereocenters. The number of nitrogens with zero attached hydrogens (tertiary/aromatic N) is 4. The van der Waals surface area contributed by atoms with Crippen molar-refractivity contribution in [2.45, 2.75) is 19.5 Å². The third-order valence-corrected chi connectivity index (χ3v) is 3.85. The van der Waals surface area contributed by atoms with Gasteiger partial charge in [0.15, 0.2) is 5.69 Å². The second-order valence-corrected chi connectivity index (χ2v) is 6.38. The molecule has 0 bridgehead atoms. The van der Waals surface area contributed by atoms with Gasteiger partial charge in [-0.05, 0) is 40.1 Å². The van der Waals surface area contributed by atoms with Crippen LogP contribution in [0.1, 0.15) is 17.7 Å². The second kappa shape index (κ2) is 8.83. The van der Waals surface area contributed by atoms with E-state index in [0.29, 0.717) is 24.2 Å². The van der Waals surface area contributed by atoms with Gasteiger partial charge >= 0.3 is 6.18 Å². The van der Waals surface area contributed by atoms with Gasteiger partial charge in [0.2, 0.25) is 5.95 Å². The number of aromatic nitrogens is 2. The molecule has 0 fully saturated rings. The van der Waals surface area contributed by atoms with Gasteiger partial charge in [-0.15, -0.1) is 0 Å². The van der Waals surface area contributed by atoms with Crippen molar-refractivity contribution in [3.63, 3.8) is 0 Å². The molecule has 152 valence electrons. The molecule has 0 spiro atoms. The largest absolute Gasteiger partial charge is 0.433 e. The summed E-state index contributed by atoms with van der Waals surface area (Å²) in [4.78, 5) is 20.0. The molecule has 2 aromatic rings. The number of rotatable bonds is 8. The van der Waals surface area contributed by atoms with Crippen molar-refractivity contribution in [2.75, 3.05) is 37.8 Å². The molecule has 0 saturated carbocycles. The van der Waals surface area contributed by atoms with Crippen LogP contribution >= 0.6 is 0 Å². The lowest BCUT2D eigenvalue weighted by molar-refractivity contribution is -0.385. The number of nitrogens with one attached hydrogen (secondary N) is 2. The predicted molar refractivity (Wildman–Crippen MR) is 99.8 cm³/mol. The Balaban J connectivity index is 2.29. The van der Waals surface area contributed by atoms with Crippen LogP contribution in [0.2, 0.25) is 0 Å².